The first-order valence-corrected chi connectivity index (χ1v) is 5.45. The molecule has 88 valence electrons. The molecule has 0 aliphatic carbocycles. The Morgan fingerprint density at radius 1 is 1.62 bits per heavy atom. The van der Waals surface area contributed by atoms with Gasteiger partial charge in [-0.3, -0.25) is 10.1 Å². The van der Waals surface area contributed by atoms with Crippen molar-refractivity contribution in [1.29, 1.82) is 0 Å². The van der Waals surface area contributed by atoms with Gasteiger partial charge in [-0.15, -0.1) is 0 Å². The van der Waals surface area contributed by atoms with Crippen LogP contribution in [-0.2, 0) is 4.84 Å². The lowest BCUT2D eigenvalue weighted by Gasteiger charge is -2.06. The third-order valence-corrected chi connectivity index (χ3v) is 2.65. The molecule has 0 aliphatic heterocycles. The molecule has 0 amide bonds. The number of hydrogen-bond donors (Lipinski definition) is 0. The maximum absolute atomic E-state index is 10.4. The van der Waals surface area contributed by atoms with Gasteiger partial charge < -0.3 is 9.74 Å². The number of nitrogens with zero attached hydrogens (tertiary/aromatic N) is 3. The Morgan fingerprint density at radius 2 is 2.38 bits per heavy atom. The van der Waals surface area contributed by atoms with Crippen LogP contribution in [0.25, 0.3) is 0 Å². The van der Waals surface area contributed by atoms with Gasteiger partial charge in [-0.25, -0.2) is 0 Å². The highest BCUT2D eigenvalue weighted by Gasteiger charge is 2.07. The number of likely N-dealkylation sites (N-methyl/N-ethyl adjacent to an activating group) is 1. The van der Waals surface area contributed by atoms with Crippen LogP contribution < -0.4 is 0 Å². The summed E-state index contributed by atoms with van der Waals surface area (Å²) in [6, 6.07) is 3.09. The third kappa shape index (κ3) is 4.37. The van der Waals surface area contributed by atoms with Gasteiger partial charge >= 0.3 is 5.00 Å². The van der Waals surface area contributed by atoms with E-state index in [9.17, 15) is 10.1 Å². The van der Waals surface area contributed by atoms with Gasteiger partial charge in [0.25, 0.3) is 0 Å². The van der Waals surface area contributed by atoms with E-state index in [0.29, 0.717) is 11.5 Å². The number of thiophene rings is 1. The molecular weight excluding hydrogens is 230 g/mol. The topological polar surface area (TPSA) is 68.0 Å². The maximum atomic E-state index is 10.4. The Morgan fingerprint density at radius 3 is 2.94 bits per heavy atom. The molecule has 1 rings (SSSR count). The fourth-order valence-electron chi connectivity index (χ4n) is 0.875. The van der Waals surface area contributed by atoms with Crippen molar-refractivity contribution in [1.82, 2.24) is 4.90 Å². The van der Waals surface area contributed by atoms with Crippen LogP contribution in [-0.4, -0.2) is 43.3 Å². The van der Waals surface area contributed by atoms with E-state index < -0.39 is 4.92 Å². The molecule has 0 saturated heterocycles. The van der Waals surface area contributed by atoms with Gasteiger partial charge in [0.2, 0.25) is 0 Å². The summed E-state index contributed by atoms with van der Waals surface area (Å²) < 4.78 is 0. The first-order valence-electron chi connectivity index (χ1n) is 4.64. The van der Waals surface area contributed by atoms with E-state index in [1.165, 1.54) is 12.3 Å². The second-order valence-electron chi connectivity index (χ2n) is 3.30. The summed E-state index contributed by atoms with van der Waals surface area (Å²) >= 11 is 1.07. The lowest BCUT2D eigenvalue weighted by Crippen LogP contribution is -2.16. The van der Waals surface area contributed by atoms with E-state index in [1.807, 2.05) is 19.0 Å². The second kappa shape index (κ2) is 6.19. The molecule has 0 fully saturated rings. The van der Waals surface area contributed by atoms with Crippen molar-refractivity contribution in [2.24, 2.45) is 5.16 Å². The first kappa shape index (κ1) is 12.6. The highest BCUT2D eigenvalue weighted by molar-refractivity contribution is 7.16. The third-order valence-electron chi connectivity index (χ3n) is 1.68. The van der Waals surface area contributed by atoms with Crippen molar-refractivity contribution in [3.05, 3.63) is 27.1 Å². The van der Waals surface area contributed by atoms with Gasteiger partial charge in [0.05, 0.1) is 16.0 Å². The monoisotopic (exact) mass is 243 g/mol. The molecule has 0 saturated carbocycles. The quantitative estimate of drug-likeness (QED) is 0.329. The fourth-order valence-corrected chi connectivity index (χ4v) is 1.56. The van der Waals surface area contributed by atoms with Crippen LogP contribution in [0.15, 0.2) is 17.3 Å². The van der Waals surface area contributed by atoms with Gasteiger partial charge in [-0.1, -0.05) is 16.5 Å². The molecule has 0 radical (unpaired) electrons. The Hall–Kier alpha value is -1.47. The van der Waals surface area contributed by atoms with E-state index >= 15 is 0 Å². The van der Waals surface area contributed by atoms with Crippen LogP contribution in [0, 0.1) is 10.1 Å². The van der Waals surface area contributed by atoms with Crippen LogP contribution in [0.3, 0.4) is 0 Å². The zero-order valence-electron chi connectivity index (χ0n) is 9.12. The average molecular weight is 243 g/mol. The highest BCUT2D eigenvalue weighted by Crippen LogP contribution is 2.22. The standard InChI is InChI=1S/C9H13N3O3S/c1-11(2)5-6-15-10-7-8-3-4-9(16-8)12(13)14/h3-4,7H,5-6H2,1-2H3/b10-7+. The van der Waals surface area contributed by atoms with Crippen molar-refractivity contribution in [3.8, 4) is 0 Å². The average Bonchev–Trinajstić information content (AvgIpc) is 2.65. The molecule has 0 spiro atoms. The van der Waals surface area contributed by atoms with Gasteiger partial charge in [-0.05, 0) is 20.2 Å². The van der Waals surface area contributed by atoms with Crippen LogP contribution in [0.5, 0.6) is 0 Å². The smallest absolute Gasteiger partial charge is 0.324 e. The molecule has 1 heterocycles. The van der Waals surface area contributed by atoms with Crippen LogP contribution in [0.2, 0.25) is 0 Å². The molecule has 6 nitrogen and oxygen atoms in total. The van der Waals surface area contributed by atoms with Crippen molar-refractivity contribution < 1.29 is 9.76 Å². The minimum absolute atomic E-state index is 0.106. The Balaban J connectivity index is 2.35. The number of nitro groups is 1. The molecule has 0 bridgehead atoms. The lowest BCUT2D eigenvalue weighted by molar-refractivity contribution is -0.380. The molecule has 0 aromatic carbocycles. The summed E-state index contributed by atoms with van der Waals surface area (Å²) in [5.74, 6) is 0. The molecule has 0 atom stereocenters. The molecule has 0 unspecified atom stereocenters. The number of rotatable bonds is 6. The molecule has 0 aliphatic rings. The Labute approximate surface area is 97.3 Å². The summed E-state index contributed by atoms with van der Waals surface area (Å²) in [6.45, 7) is 1.28. The number of oxime groups is 1. The van der Waals surface area contributed by atoms with E-state index in [0.717, 1.165) is 17.9 Å². The zero-order chi connectivity index (χ0) is 12.0. The SMILES string of the molecule is CN(C)CCO/N=C/c1ccc([N+](=O)[O-])s1. The summed E-state index contributed by atoms with van der Waals surface area (Å²) in [6.07, 6.45) is 1.48. The molecule has 1 aromatic heterocycles. The second-order valence-corrected chi connectivity index (χ2v) is 4.40. The van der Waals surface area contributed by atoms with Gasteiger partial charge in [0.15, 0.2) is 0 Å². The predicted octanol–water partition coefficient (Wildman–Crippen LogP) is 1.57. The molecule has 7 heteroatoms. The summed E-state index contributed by atoms with van der Waals surface area (Å²) in [5, 5.41) is 14.2. The van der Waals surface area contributed by atoms with Crippen molar-refractivity contribution in [3.63, 3.8) is 0 Å². The van der Waals surface area contributed by atoms with E-state index in [-0.39, 0.29) is 5.00 Å². The minimum Gasteiger partial charge on any atom is -0.394 e. The Kier molecular flexibility index (Phi) is 4.87. The summed E-state index contributed by atoms with van der Waals surface area (Å²) in [4.78, 5) is 17.6. The molecule has 0 N–H and O–H groups in total. The lowest BCUT2D eigenvalue weighted by atomic mass is 10.5. The fraction of sp³-hybridized carbons (Fsp3) is 0.444. The Bertz CT molecular complexity index is 376. The highest BCUT2D eigenvalue weighted by atomic mass is 32.1. The summed E-state index contributed by atoms with van der Waals surface area (Å²) in [7, 11) is 3.88. The molecule has 1 aromatic rings. The first-order chi connectivity index (χ1) is 7.59. The summed E-state index contributed by atoms with van der Waals surface area (Å²) in [5.41, 5.74) is 0. The van der Waals surface area contributed by atoms with Crippen molar-refractivity contribution in [2.75, 3.05) is 27.2 Å². The molecular formula is C9H13N3O3S. The van der Waals surface area contributed by atoms with E-state index in [4.69, 9.17) is 4.84 Å². The van der Waals surface area contributed by atoms with E-state index in [1.54, 1.807) is 6.07 Å². The maximum Gasteiger partial charge on any atom is 0.324 e. The molecule has 16 heavy (non-hydrogen) atoms. The normalized spacial score (nSPS) is 11.2. The van der Waals surface area contributed by atoms with Gasteiger partial charge in [0, 0.05) is 12.6 Å². The van der Waals surface area contributed by atoms with Crippen LogP contribution >= 0.6 is 11.3 Å². The minimum atomic E-state index is -0.422. The zero-order valence-corrected chi connectivity index (χ0v) is 9.94. The van der Waals surface area contributed by atoms with Gasteiger partial charge in [0.1, 0.15) is 6.61 Å². The van der Waals surface area contributed by atoms with Gasteiger partial charge in [-0.2, -0.15) is 0 Å². The van der Waals surface area contributed by atoms with E-state index in [2.05, 4.69) is 5.16 Å². The van der Waals surface area contributed by atoms with Crippen molar-refractivity contribution >= 4 is 22.6 Å². The largest absolute Gasteiger partial charge is 0.394 e. The van der Waals surface area contributed by atoms with Crippen LogP contribution in [0.4, 0.5) is 5.00 Å². The number of hydrogen-bond acceptors (Lipinski definition) is 6. The van der Waals surface area contributed by atoms with Crippen LogP contribution in [0.1, 0.15) is 4.88 Å². The predicted molar refractivity (Wildman–Crippen MR) is 63.1 cm³/mol. The van der Waals surface area contributed by atoms with Crippen molar-refractivity contribution in [2.45, 2.75) is 0 Å².